The van der Waals surface area contributed by atoms with Crippen molar-refractivity contribution in [3.05, 3.63) is 95.6 Å². The molecule has 1 aliphatic rings. The minimum Gasteiger partial charge on any atom is -0.467 e. The maximum Gasteiger partial charge on any atom is 0.416 e. The van der Waals surface area contributed by atoms with Crippen molar-refractivity contribution < 1.29 is 27.2 Å². The molecule has 5 nitrogen and oxygen atoms in total. The molecule has 1 aliphatic heterocycles. The topological polar surface area (TPSA) is 62.6 Å². The second kappa shape index (κ2) is 7.55. The van der Waals surface area contributed by atoms with Gasteiger partial charge < -0.3 is 9.73 Å². The highest BCUT2D eigenvalue weighted by atomic mass is 19.4. The maximum atomic E-state index is 13.1. The number of carbonyl (C=O) groups is 2. The number of alkyl halides is 3. The van der Waals surface area contributed by atoms with E-state index in [1.54, 1.807) is 42.5 Å². The first-order chi connectivity index (χ1) is 14.3. The van der Waals surface area contributed by atoms with Gasteiger partial charge in [-0.05, 0) is 35.9 Å². The van der Waals surface area contributed by atoms with Gasteiger partial charge in [-0.15, -0.1) is 0 Å². The summed E-state index contributed by atoms with van der Waals surface area (Å²) in [4.78, 5) is 27.1. The summed E-state index contributed by atoms with van der Waals surface area (Å²) in [6, 6.07) is 16.2. The zero-order chi connectivity index (χ0) is 21.3. The number of nitrogens with one attached hydrogen (secondary N) is 1. The molecule has 0 saturated heterocycles. The van der Waals surface area contributed by atoms with Gasteiger partial charge in [0.15, 0.2) is 0 Å². The van der Waals surface area contributed by atoms with Crippen LogP contribution in [0.15, 0.2) is 83.1 Å². The molecule has 2 aromatic carbocycles. The summed E-state index contributed by atoms with van der Waals surface area (Å²) < 4.78 is 44.4. The van der Waals surface area contributed by atoms with Gasteiger partial charge in [-0.1, -0.05) is 36.4 Å². The molecular weight excluding hydrogens is 397 g/mol. The molecule has 0 radical (unpaired) electrons. The number of carbonyl (C=O) groups excluding carboxylic acids is 2. The molecule has 8 heteroatoms. The van der Waals surface area contributed by atoms with Gasteiger partial charge in [-0.2, -0.15) is 13.2 Å². The van der Waals surface area contributed by atoms with Crippen molar-refractivity contribution in [3.63, 3.8) is 0 Å². The van der Waals surface area contributed by atoms with Crippen LogP contribution in [0.2, 0.25) is 0 Å². The second-order valence-corrected chi connectivity index (χ2v) is 6.60. The number of nitrogens with zero attached hydrogens (tertiary/aromatic N) is 1. The third kappa shape index (κ3) is 3.71. The lowest BCUT2D eigenvalue weighted by Crippen LogP contribution is -2.31. The van der Waals surface area contributed by atoms with Gasteiger partial charge >= 0.3 is 6.18 Å². The average molecular weight is 412 g/mol. The lowest BCUT2D eigenvalue weighted by molar-refractivity contribution is -0.138. The number of benzene rings is 2. The second-order valence-electron chi connectivity index (χ2n) is 6.60. The molecule has 2 amide bonds. The SMILES string of the molecule is O=C1C(Nc2cccc(C(F)(F)F)c2)=C(c2ccccc2)C(=O)N1Cc1ccco1. The largest absolute Gasteiger partial charge is 0.467 e. The van der Waals surface area contributed by atoms with Crippen LogP contribution in [0, 0.1) is 0 Å². The van der Waals surface area contributed by atoms with Crippen LogP contribution in [0.4, 0.5) is 18.9 Å². The summed E-state index contributed by atoms with van der Waals surface area (Å²) in [6.07, 6.45) is -3.11. The van der Waals surface area contributed by atoms with Crippen molar-refractivity contribution in [3.8, 4) is 0 Å². The van der Waals surface area contributed by atoms with E-state index in [1.165, 1.54) is 18.4 Å². The zero-order valence-electron chi connectivity index (χ0n) is 15.4. The summed E-state index contributed by atoms with van der Waals surface area (Å²) in [5.41, 5.74) is -0.332. The molecule has 0 fully saturated rings. The predicted octanol–water partition coefficient (Wildman–Crippen LogP) is 4.69. The minimum absolute atomic E-state index is 0.0502. The van der Waals surface area contributed by atoms with Crippen LogP contribution in [0.25, 0.3) is 5.57 Å². The first kappa shape index (κ1) is 19.5. The Morgan fingerprint density at radius 1 is 0.900 bits per heavy atom. The first-order valence-electron chi connectivity index (χ1n) is 8.97. The Hall–Kier alpha value is -3.81. The van der Waals surface area contributed by atoms with Gasteiger partial charge in [0, 0.05) is 5.69 Å². The van der Waals surface area contributed by atoms with Crippen molar-refractivity contribution in [2.45, 2.75) is 12.7 Å². The van der Waals surface area contributed by atoms with E-state index in [9.17, 15) is 22.8 Å². The number of furan rings is 1. The molecule has 0 bridgehead atoms. The molecule has 152 valence electrons. The highest BCUT2D eigenvalue weighted by molar-refractivity contribution is 6.36. The first-order valence-corrected chi connectivity index (χ1v) is 8.97. The van der Waals surface area contributed by atoms with Crippen molar-refractivity contribution >= 4 is 23.1 Å². The Labute approximate surface area is 169 Å². The fraction of sp³-hybridized carbons (Fsp3) is 0.0909. The number of anilines is 1. The van der Waals surface area contributed by atoms with Gasteiger partial charge in [0.2, 0.25) is 0 Å². The van der Waals surface area contributed by atoms with E-state index >= 15 is 0 Å². The smallest absolute Gasteiger partial charge is 0.416 e. The zero-order valence-corrected chi connectivity index (χ0v) is 15.4. The van der Waals surface area contributed by atoms with Crippen molar-refractivity contribution in [1.82, 2.24) is 4.90 Å². The summed E-state index contributed by atoms with van der Waals surface area (Å²) in [5, 5.41) is 2.73. The number of imide groups is 1. The molecule has 0 aliphatic carbocycles. The van der Waals surface area contributed by atoms with Crippen molar-refractivity contribution in [2.24, 2.45) is 0 Å². The van der Waals surface area contributed by atoms with Crippen molar-refractivity contribution in [1.29, 1.82) is 0 Å². The highest BCUT2D eigenvalue weighted by Gasteiger charge is 2.40. The van der Waals surface area contributed by atoms with Gasteiger partial charge in [-0.25, -0.2) is 0 Å². The molecule has 3 aromatic rings. The standard InChI is InChI=1S/C22H15F3N2O3/c23-22(24,25)15-8-4-9-16(12-15)26-19-18(14-6-2-1-3-7-14)20(28)27(21(19)29)13-17-10-5-11-30-17/h1-12,26H,13H2. The van der Waals surface area contributed by atoms with Crippen LogP contribution in [-0.2, 0) is 22.3 Å². The summed E-state index contributed by atoms with van der Waals surface area (Å²) >= 11 is 0. The molecular formula is C22H15F3N2O3. The minimum atomic E-state index is -4.53. The fourth-order valence-corrected chi connectivity index (χ4v) is 3.18. The molecule has 0 saturated carbocycles. The Morgan fingerprint density at radius 2 is 1.67 bits per heavy atom. The molecule has 4 rings (SSSR count). The summed E-state index contributed by atoms with van der Waals surface area (Å²) in [5.74, 6) is -0.797. The molecule has 30 heavy (non-hydrogen) atoms. The summed E-state index contributed by atoms with van der Waals surface area (Å²) in [7, 11) is 0. The lowest BCUT2D eigenvalue weighted by atomic mass is 10.0. The Bertz CT molecular complexity index is 1120. The van der Waals surface area contributed by atoms with Crippen LogP contribution in [-0.4, -0.2) is 16.7 Å². The van der Waals surface area contributed by atoms with E-state index < -0.39 is 23.6 Å². The van der Waals surface area contributed by atoms with Gasteiger partial charge in [0.1, 0.15) is 11.5 Å². The third-order valence-corrected chi connectivity index (χ3v) is 4.58. The molecule has 1 aromatic heterocycles. The van der Waals surface area contributed by atoms with E-state index in [0.29, 0.717) is 11.3 Å². The van der Waals surface area contributed by atoms with Crippen LogP contribution in [0.3, 0.4) is 0 Å². The predicted molar refractivity (Wildman–Crippen MR) is 103 cm³/mol. The quantitative estimate of drug-likeness (QED) is 0.618. The Balaban J connectivity index is 1.74. The Kier molecular flexibility index (Phi) is 4.91. The summed E-state index contributed by atoms with van der Waals surface area (Å²) in [6.45, 7) is -0.0885. The number of halogens is 3. The van der Waals surface area contributed by atoms with Crippen LogP contribution < -0.4 is 5.32 Å². The number of hydrogen-bond acceptors (Lipinski definition) is 4. The van der Waals surface area contributed by atoms with E-state index in [4.69, 9.17) is 4.42 Å². The van der Waals surface area contributed by atoms with E-state index in [0.717, 1.165) is 17.0 Å². The van der Waals surface area contributed by atoms with Gasteiger partial charge in [0.25, 0.3) is 11.8 Å². The monoisotopic (exact) mass is 412 g/mol. The van der Waals surface area contributed by atoms with Gasteiger partial charge in [0.05, 0.1) is 23.9 Å². The van der Waals surface area contributed by atoms with Crippen molar-refractivity contribution in [2.75, 3.05) is 5.32 Å². The number of amides is 2. The number of hydrogen-bond donors (Lipinski definition) is 1. The van der Waals surface area contributed by atoms with Gasteiger partial charge in [-0.3, -0.25) is 14.5 Å². The Morgan fingerprint density at radius 3 is 2.33 bits per heavy atom. The van der Waals surface area contributed by atoms with Crippen LogP contribution in [0.1, 0.15) is 16.9 Å². The van der Waals surface area contributed by atoms with E-state index in [-0.39, 0.29) is 23.5 Å². The molecule has 0 spiro atoms. The van der Waals surface area contributed by atoms with Crippen LogP contribution in [0.5, 0.6) is 0 Å². The fourth-order valence-electron chi connectivity index (χ4n) is 3.18. The lowest BCUT2D eigenvalue weighted by Gasteiger charge is -2.14. The third-order valence-electron chi connectivity index (χ3n) is 4.58. The maximum absolute atomic E-state index is 13.1. The van der Waals surface area contributed by atoms with E-state index in [1.807, 2.05) is 0 Å². The highest BCUT2D eigenvalue weighted by Crippen LogP contribution is 2.34. The average Bonchev–Trinajstić information content (AvgIpc) is 3.31. The molecule has 0 unspecified atom stereocenters. The van der Waals surface area contributed by atoms with Crippen LogP contribution >= 0.6 is 0 Å². The molecule has 0 atom stereocenters. The van der Waals surface area contributed by atoms with E-state index in [2.05, 4.69) is 5.32 Å². The number of rotatable bonds is 5. The molecule has 2 heterocycles. The normalized spacial score (nSPS) is 14.6. The molecule has 1 N–H and O–H groups in total.